The van der Waals surface area contributed by atoms with Crippen molar-refractivity contribution in [2.75, 3.05) is 0 Å². The van der Waals surface area contributed by atoms with Gasteiger partial charge in [0.25, 0.3) is 0 Å². The summed E-state index contributed by atoms with van der Waals surface area (Å²) >= 11 is 1.99. The molecule has 5 heteroatoms. The van der Waals surface area contributed by atoms with Crippen molar-refractivity contribution in [3.63, 3.8) is 0 Å². The number of nitrogens with one attached hydrogen (secondary N) is 1. The van der Waals surface area contributed by atoms with E-state index < -0.39 is 5.82 Å². The smallest absolute Gasteiger partial charge is 0.155 e. The zero-order valence-electron chi connectivity index (χ0n) is 5.81. The van der Waals surface area contributed by atoms with Crippen molar-refractivity contribution in [2.45, 2.75) is 0 Å². The molecule has 1 heterocycles. The van der Waals surface area contributed by atoms with Crippen LogP contribution >= 0.6 is 22.6 Å². The number of H-pyrrole nitrogens is 1. The number of phenolic OH excluding ortho intramolecular Hbond substituents is 1. The Balaban J connectivity index is 2.92. The molecule has 0 bridgehead atoms. The van der Waals surface area contributed by atoms with Crippen LogP contribution in [0.2, 0.25) is 0 Å². The van der Waals surface area contributed by atoms with E-state index in [-0.39, 0.29) is 11.3 Å². The van der Waals surface area contributed by atoms with Crippen molar-refractivity contribution in [3.8, 4) is 5.75 Å². The zero-order valence-corrected chi connectivity index (χ0v) is 7.96. The number of halogens is 2. The lowest BCUT2D eigenvalue weighted by Crippen LogP contribution is -1.77. The lowest BCUT2D eigenvalue weighted by atomic mass is 10.2. The lowest BCUT2D eigenvalue weighted by molar-refractivity contribution is 0.471. The summed E-state index contributed by atoms with van der Waals surface area (Å²) in [6.45, 7) is 0. The number of rotatable bonds is 0. The van der Waals surface area contributed by atoms with Crippen LogP contribution in [-0.4, -0.2) is 15.3 Å². The van der Waals surface area contributed by atoms with E-state index in [1.807, 2.05) is 22.6 Å². The number of nitrogens with zero attached hydrogens (tertiary/aromatic N) is 1. The normalized spacial score (nSPS) is 10.8. The molecule has 0 radical (unpaired) electrons. The van der Waals surface area contributed by atoms with Gasteiger partial charge < -0.3 is 5.11 Å². The molecule has 3 nitrogen and oxygen atoms in total. The quantitative estimate of drug-likeness (QED) is 0.724. The summed E-state index contributed by atoms with van der Waals surface area (Å²) in [5.74, 6) is -0.594. The van der Waals surface area contributed by atoms with Crippen LogP contribution in [0.4, 0.5) is 4.39 Å². The van der Waals surface area contributed by atoms with Gasteiger partial charge in [-0.3, -0.25) is 5.10 Å². The second-order valence-corrected chi connectivity index (χ2v) is 3.44. The first-order valence-electron chi connectivity index (χ1n) is 3.20. The summed E-state index contributed by atoms with van der Waals surface area (Å²) in [5, 5.41) is 16.0. The lowest BCUT2D eigenvalue weighted by Gasteiger charge is -1.92. The van der Waals surface area contributed by atoms with E-state index in [1.165, 1.54) is 6.07 Å². The van der Waals surface area contributed by atoms with Crippen LogP contribution in [-0.2, 0) is 0 Å². The fourth-order valence-electron chi connectivity index (χ4n) is 1.03. The number of hydrogen-bond donors (Lipinski definition) is 2. The first kappa shape index (κ1) is 7.78. The van der Waals surface area contributed by atoms with Crippen molar-refractivity contribution < 1.29 is 9.50 Å². The van der Waals surface area contributed by atoms with Crippen molar-refractivity contribution >= 4 is 33.5 Å². The Kier molecular flexibility index (Phi) is 1.67. The second-order valence-electron chi connectivity index (χ2n) is 2.36. The molecule has 0 saturated heterocycles. The van der Waals surface area contributed by atoms with Gasteiger partial charge in [-0.15, -0.1) is 0 Å². The molecule has 1 aromatic heterocycles. The first-order chi connectivity index (χ1) is 5.68. The molecular formula is C7H4FIN2O. The van der Waals surface area contributed by atoms with Gasteiger partial charge in [-0.25, -0.2) is 4.39 Å². The molecule has 2 aromatic rings. The third-order valence-electron chi connectivity index (χ3n) is 1.55. The number of benzene rings is 1. The van der Waals surface area contributed by atoms with Crippen LogP contribution in [0.3, 0.4) is 0 Å². The topological polar surface area (TPSA) is 48.9 Å². The SMILES string of the molecule is Oc1cc(F)c2n[nH]c(I)c2c1. The van der Waals surface area contributed by atoms with Crippen LogP contribution in [0.25, 0.3) is 10.9 Å². The standard InChI is InChI=1S/C7H4FIN2O/c8-5-2-3(12)1-4-6(5)10-11-7(4)9/h1-2,12H,(H,10,11). The van der Waals surface area contributed by atoms with E-state index in [1.54, 1.807) is 0 Å². The number of fused-ring (bicyclic) bond motifs is 1. The Morgan fingerprint density at radius 2 is 2.25 bits per heavy atom. The van der Waals surface area contributed by atoms with Gasteiger partial charge in [0, 0.05) is 11.5 Å². The van der Waals surface area contributed by atoms with Gasteiger partial charge in [0.05, 0.1) is 0 Å². The summed E-state index contributed by atoms with van der Waals surface area (Å²) in [6.07, 6.45) is 0. The summed E-state index contributed by atoms with van der Waals surface area (Å²) in [4.78, 5) is 0. The Labute approximate surface area is 80.7 Å². The molecule has 0 fully saturated rings. The number of phenols is 1. The molecular weight excluding hydrogens is 274 g/mol. The predicted octanol–water partition coefficient (Wildman–Crippen LogP) is 2.01. The van der Waals surface area contributed by atoms with Gasteiger partial charge in [0.2, 0.25) is 0 Å². The summed E-state index contributed by atoms with van der Waals surface area (Å²) in [6, 6.07) is 2.52. The number of hydrogen-bond acceptors (Lipinski definition) is 2. The Morgan fingerprint density at radius 1 is 1.50 bits per heavy atom. The van der Waals surface area contributed by atoms with Crippen LogP contribution in [0.1, 0.15) is 0 Å². The molecule has 0 unspecified atom stereocenters. The molecule has 0 aliphatic heterocycles. The Hall–Kier alpha value is -0.850. The monoisotopic (exact) mass is 278 g/mol. The summed E-state index contributed by atoms with van der Waals surface area (Å²) in [7, 11) is 0. The van der Waals surface area contributed by atoms with Gasteiger partial charge in [0.1, 0.15) is 15.0 Å². The van der Waals surface area contributed by atoms with Crippen molar-refractivity contribution in [2.24, 2.45) is 0 Å². The second kappa shape index (κ2) is 2.58. The molecule has 0 atom stereocenters. The molecule has 2 N–H and O–H groups in total. The highest BCUT2D eigenvalue weighted by atomic mass is 127. The van der Waals surface area contributed by atoms with Crippen LogP contribution < -0.4 is 0 Å². The average Bonchev–Trinajstić information content (AvgIpc) is 2.33. The summed E-state index contributed by atoms with van der Waals surface area (Å²) < 4.78 is 13.7. The third-order valence-corrected chi connectivity index (χ3v) is 2.37. The van der Waals surface area contributed by atoms with E-state index in [0.717, 1.165) is 9.77 Å². The average molecular weight is 278 g/mol. The number of aromatic amines is 1. The summed E-state index contributed by atoms with van der Waals surface area (Å²) in [5.41, 5.74) is 0.261. The van der Waals surface area contributed by atoms with Gasteiger partial charge >= 0.3 is 0 Å². The zero-order chi connectivity index (χ0) is 8.72. The molecule has 0 aliphatic carbocycles. The molecule has 2 rings (SSSR count). The fraction of sp³-hybridized carbons (Fsp3) is 0. The van der Waals surface area contributed by atoms with E-state index >= 15 is 0 Å². The van der Waals surface area contributed by atoms with Crippen molar-refractivity contribution in [1.29, 1.82) is 0 Å². The highest BCUT2D eigenvalue weighted by Crippen LogP contribution is 2.24. The van der Waals surface area contributed by atoms with Gasteiger partial charge in [-0.2, -0.15) is 5.10 Å². The highest BCUT2D eigenvalue weighted by molar-refractivity contribution is 14.1. The van der Waals surface area contributed by atoms with E-state index in [4.69, 9.17) is 5.11 Å². The fourth-order valence-corrected chi connectivity index (χ4v) is 1.56. The van der Waals surface area contributed by atoms with Crippen LogP contribution in [0.5, 0.6) is 5.75 Å². The molecule has 0 saturated carbocycles. The first-order valence-corrected chi connectivity index (χ1v) is 4.28. The minimum atomic E-state index is -0.510. The molecule has 1 aromatic carbocycles. The van der Waals surface area contributed by atoms with Crippen LogP contribution in [0.15, 0.2) is 12.1 Å². The van der Waals surface area contributed by atoms with E-state index in [9.17, 15) is 4.39 Å². The third kappa shape index (κ3) is 1.04. The van der Waals surface area contributed by atoms with Crippen molar-refractivity contribution in [3.05, 3.63) is 21.7 Å². The molecule has 0 spiro atoms. The van der Waals surface area contributed by atoms with E-state index in [2.05, 4.69) is 10.2 Å². The van der Waals surface area contributed by atoms with Crippen LogP contribution in [0, 0.1) is 9.52 Å². The maximum absolute atomic E-state index is 13.0. The highest BCUT2D eigenvalue weighted by Gasteiger charge is 2.08. The molecule has 0 aliphatic rings. The maximum atomic E-state index is 13.0. The predicted molar refractivity (Wildman–Crippen MR) is 50.4 cm³/mol. The molecule has 62 valence electrons. The number of aromatic hydroxyl groups is 1. The Bertz CT molecular complexity index is 440. The maximum Gasteiger partial charge on any atom is 0.155 e. The van der Waals surface area contributed by atoms with Gasteiger partial charge in [-0.1, -0.05) is 0 Å². The van der Waals surface area contributed by atoms with E-state index in [0.29, 0.717) is 5.39 Å². The minimum Gasteiger partial charge on any atom is -0.508 e. The largest absolute Gasteiger partial charge is 0.508 e. The van der Waals surface area contributed by atoms with Crippen molar-refractivity contribution in [1.82, 2.24) is 10.2 Å². The number of aromatic nitrogens is 2. The molecule has 0 amide bonds. The Morgan fingerprint density at radius 3 is 3.00 bits per heavy atom. The molecule has 12 heavy (non-hydrogen) atoms. The minimum absolute atomic E-state index is 0.0840. The van der Waals surface area contributed by atoms with Gasteiger partial charge in [-0.05, 0) is 28.7 Å². The van der Waals surface area contributed by atoms with Gasteiger partial charge in [0.15, 0.2) is 5.82 Å².